The summed E-state index contributed by atoms with van der Waals surface area (Å²) in [5, 5.41) is 0. The fourth-order valence-corrected chi connectivity index (χ4v) is 3.23. The van der Waals surface area contributed by atoms with Crippen LogP contribution in [0.1, 0.15) is 56.6 Å². The Bertz CT molecular complexity index is 933. The van der Waals surface area contributed by atoms with Crippen LogP contribution in [0.5, 0.6) is 0 Å². The molecule has 1 heterocycles. The van der Waals surface area contributed by atoms with Crippen LogP contribution in [-0.4, -0.2) is 36.0 Å². The quantitative estimate of drug-likeness (QED) is 0.416. The second-order valence-electron chi connectivity index (χ2n) is 6.86. The highest BCUT2D eigenvalue weighted by Gasteiger charge is 2.28. The Labute approximate surface area is 163 Å². The molecule has 1 saturated carbocycles. The fourth-order valence-electron chi connectivity index (χ4n) is 3.23. The minimum atomic E-state index is -0.596. The highest BCUT2D eigenvalue weighted by molar-refractivity contribution is 6.00. The summed E-state index contributed by atoms with van der Waals surface area (Å²) in [6.45, 7) is 3.62. The lowest BCUT2D eigenvalue weighted by molar-refractivity contribution is -0.136. The molecule has 6 nitrogen and oxygen atoms in total. The van der Waals surface area contributed by atoms with E-state index < -0.39 is 11.9 Å². The number of aryl methyl sites for hydroxylation is 1. The Kier molecular flexibility index (Phi) is 5.78. The van der Waals surface area contributed by atoms with Crippen LogP contribution in [-0.2, 0) is 14.3 Å². The minimum absolute atomic E-state index is 0.204. The van der Waals surface area contributed by atoms with Crippen LogP contribution in [0.15, 0.2) is 36.4 Å². The molecule has 0 spiro atoms. The molecule has 2 aromatic rings. The lowest BCUT2D eigenvalue weighted by Crippen LogP contribution is -2.13. The van der Waals surface area contributed by atoms with Crippen LogP contribution >= 0.6 is 0 Å². The summed E-state index contributed by atoms with van der Waals surface area (Å²) in [7, 11) is 1.32. The third kappa shape index (κ3) is 4.39. The van der Waals surface area contributed by atoms with Crippen LogP contribution in [0.25, 0.3) is 6.08 Å². The molecular weight excluding hydrogens is 358 g/mol. The Hall–Kier alpha value is -3.15. The number of rotatable bonds is 7. The lowest BCUT2D eigenvalue weighted by atomic mass is 10.1. The van der Waals surface area contributed by atoms with Crippen LogP contribution in [0, 0.1) is 13.8 Å². The topological polar surface area (TPSA) is 74.6 Å². The third-order valence-electron chi connectivity index (χ3n) is 4.79. The number of ether oxygens (including phenoxy) is 2. The van der Waals surface area contributed by atoms with E-state index in [1.54, 1.807) is 30.3 Å². The number of nitrogens with zero attached hydrogens (tertiary/aromatic N) is 1. The van der Waals surface area contributed by atoms with Gasteiger partial charge in [0.1, 0.15) is 0 Å². The van der Waals surface area contributed by atoms with Crippen molar-refractivity contribution < 1.29 is 23.9 Å². The van der Waals surface area contributed by atoms with Gasteiger partial charge in [0.2, 0.25) is 5.78 Å². The van der Waals surface area contributed by atoms with Gasteiger partial charge in [-0.2, -0.15) is 0 Å². The zero-order valence-electron chi connectivity index (χ0n) is 16.2. The van der Waals surface area contributed by atoms with Gasteiger partial charge in [-0.15, -0.1) is 0 Å². The van der Waals surface area contributed by atoms with Crippen molar-refractivity contribution in [2.45, 2.75) is 32.7 Å². The molecule has 0 amide bonds. The highest BCUT2D eigenvalue weighted by Crippen LogP contribution is 2.38. The zero-order chi connectivity index (χ0) is 20.3. The number of esters is 2. The minimum Gasteiger partial charge on any atom is -0.465 e. The molecule has 0 N–H and O–H groups in total. The second kappa shape index (κ2) is 8.25. The Morgan fingerprint density at radius 1 is 1.14 bits per heavy atom. The fraction of sp³-hybridized carbons (Fsp3) is 0.318. The molecule has 0 saturated heterocycles. The van der Waals surface area contributed by atoms with Crippen molar-refractivity contribution in [3.8, 4) is 0 Å². The van der Waals surface area contributed by atoms with Crippen LogP contribution in [0.3, 0.4) is 0 Å². The maximum Gasteiger partial charge on any atom is 0.337 e. The maximum atomic E-state index is 12.4. The summed E-state index contributed by atoms with van der Waals surface area (Å²) in [5.74, 6) is -1.22. The number of methoxy groups -OCH3 is 1. The highest BCUT2D eigenvalue weighted by atomic mass is 16.5. The van der Waals surface area contributed by atoms with Gasteiger partial charge in [0.05, 0.1) is 12.7 Å². The maximum absolute atomic E-state index is 12.4. The Morgan fingerprint density at radius 3 is 2.43 bits per heavy atom. The Balaban J connectivity index is 1.55. The van der Waals surface area contributed by atoms with Gasteiger partial charge in [0.15, 0.2) is 6.61 Å². The molecule has 6 heteroatoms. The number of hydrogen-bond donors (Lipinski definition) is 0. The van der Waals surface area contributed by atoms with Crippen LogP contribution < -0.4 is 0 Å². The van der Waals surface area contributed by atoms with Gasteiger partial charge >= 0.3 is 11.9 Å². The number of carbonyl (C=O) groups is 3. The smallest absolute Gasteiger partial charge is 0.337 e. The normalized spacial score (nSPS) is 13.5. The van der Waals surface area contributed by atoms with Crippen molar-refractivity contribution in [1.82, 2.24) is 4.57 Å². The van der Waals surface area contributed by atoms with Crippen molar-refractivity contribution in [3.05, 3.63) is 64.5 Å². The summed E-state index contributed by atoms with van der Waals surface area (Å²) in [4.78, 5) is 35.7. The van der Waals surface area contributed by atoms with E-state index in [0.29, 0.717) is 17.2 Å². The van der Waals surface area contributed by atoms with Crippen LogP contribution in [0.4, 0.5) is 0 Å². The zero-order valence-corrected chi connectivity index (χ0v) is 16.2. The first kappa shape index (κ1) is 19.6. The first-order valence-corrected chi connectivity index (χ1v) is 9.15. The second-order valence-corrected chi connectivity index (χ2v) is 6.86. The summed E-state index contributed by atoms with van der Waals surface area (Å²) in [5.41, 5.74) is 3.76. The average Bonchev–Trinajstić information content (AvgIpc) is 3.48. The van der Waals surface area contributed by atoms with E-state index >= 15 is 0 Å². The van der Waals surface area contributed by atoms with E-state index in [1.807, 2.05) is 19.9 Å². The van der Waals surface area contributed by atoms with E-state index in [4.69, 9.17) is 4.74 Å². The average molecular weight is 381 g/mol. The molecule has 0 radical (unpaired) electrons. The molecule has 1 fully saturated rings. The predicted octanol–water partition coefficient (Wildman–Crippen LogP) is 3.67. The summed E-state index contributed by atoms with van der Waals surface area (Å²) in [6, 6.07) is 8.95. The molecular formula is C22H23NO5. The molecule has 3 rings (SSSR count). The first-order chi connectivity index (χ1) is 13.4. The number of hydrogen-bond acceptors (Lipinski definition) is 5. The van der Waals surface area contributed by atoms with Crippen molar-refractivity contribution in [3.63, 3.8) is 0 Å². The molecule has 0 unspecified atom stereocenters. The number of carbonyl (C=O) groups excluding carboxylic acids is 3. The molecule has 1 aromatic carbocycles. The number of benzene rings is 1. The standard InChI is InChI=1S/C22H23NO5/c1-14-12-19(15(2)23(14)18-9-10-18)20(24)13-28-21(25)11-6-16-4-7-17(8-5-16)22(26)27-3/h4-8,11-12,18H,9-10,13H2,1-3H3/b11-6+. The number of Topliss-reactive ketones (excluding diaryl/α,β-unsaturated/α-hetero) is 1. The van der Waals surface area contributed by atoms with E-state index in [0.717, 1.165) is 29.8 Å². The van der Waals surface area contributed by atoms with E-state index in [-0.39, 0.29) is 12.4 Å². The van der Waals surface area contributed by atoms with Gasteiger partial charge in [-0.05, 0) is 56.5 Å². The Morgan fingerprint density at radius 2 is 1.82 bits per heavy atom. The van der Waals surface area contributed by atoms with Gasteiger partial charge in [-0.3, -0.25) is 4.79 Å². The third-order valence-corrected chi connectivity index (χ3v) is 4.79. The predicted molar refractivity (Wildman–Crippen MR) is 104 cm³/mol. The molecule has 1 aliphatic carbocycles. The van der Waals surface area contributed by atoms with Crippen molar-refractivity contribution in [1.29, 1.82) is 0 Å². The molecule has 0 atom stereocenters. The van der Waals surface area contributed by atoms with Gasteiger partial charge in [-0.25, -0.2) is 9.59 Å². The van der Waals surface area contributed by atoms with Crippen molar-refractivity contribution in [2.24, 2.45) is 0 Å². The van der Waals surface area contributed by atoms with Crippen molar-refractivity contribution in [2.75, 3.05) is 13.7 Å². The van der Waals surface area contributed by atoms with Gasteiger partial charge in [-0.1, -0.05) is 12.1 Å². The summed E-state index contributed by atoms with van der Waals surface area (Å²) < 4.78 is 11.9. The van der Waals surface area contributed by atoms with Gasteiger partial charge < -0.3 is 14.0 Å². The first-order valence-electron chi connectivity index (χ1n) is 9.15. The molecule has 0 bridgehead atoms. The largest absolute Gasteiger partial charge is 0.465 e. The number of ketones is 1. The summed E-state index contributed by atoms with van der Waals surface area (Å²) >= 11 is 0. The SMILES string of the molecule is COC(=O)c1ccc(/C=C/C(=O)OCC(=O)c2cc(C)n(C3CC3)c2C)cc1. The molecule has 28 heavy (non-hydrogen) atoms. The monoisotopic (exact) mass is 381 g/mol. The van der Waals surface area contributed by atoms with E-state index in [1.165, 1.54) is 13.2 Å². The van der Waals surface area contributed by atoms with Gasteiger partial charge in [0.25, 0.3) is 0 Å². The number of aromatic nitrogens is 1. The molecule has 1 aromatic heterocycles. The van der Waals surface area contributed by atoms with E-state index in [2.05, 4.69) is 9.30 Å². The molecule has 146 valence electrons. The van der Waals surface area contributed by atoms with Crippen molar-refractivity contribution >= 4 is 23.8 Å². The molecule has 1 aliphatic rings. The van der Waals surface area contributed by atoms with Gasteiger partial charge in [0, 0.05) is 29.1 Å². The van der Waals surface area contributed by atoms with Crippen LogP contribution in [0.2, 0.25) is 0 Å². The summed E-state index contributed by atoms with van der Waals surface area (Å²) in [6.07, 6.45) is 5.11. The molecule has 0 aliphatic heterocycles. The lowest BCUT2D eigenvalue weighted by Gasteiger charge is -2.07. The van der Waals surface area contributed by atoms with E-state index in [9.17, 15) is 14.4 Å².